The number of hydrogen-bond donors (Lipinski definition) is 0. The fourth-order valence-electron chi connectivity index (χ4n) is 3.47. The van der Waals surface area contributed by atoms with E-state index in [9.17, 15) is 4.79 Å². The lowest BCUT2D eigenvalue weighted by Gasteiger charge is -2.26. The Morgan fingerprint density at radius 1 is 1.16 bits per heavy atom. The summed E-state index contributed by atoms with van der Waals surface area (Å²) in [7, 11) is 3.82. The van der Waals surface area contributed by atoms with E-state index in [-0.39, 0.29) is 11.7 Å². The molecule has 0 spiro atoms. The van der Waals surface area contributed by atoms with E-state index < -0.39 is 0 Å². The molecule has 1 aliphatic carbocycles. The van der Waals surface area contributed by atoms with Crippen molar-refractivity contribution >= 4 is 16.6 Å². The largest absolute Gasteiger partial charge is 0.497 e. The van der Waals surface area contributed by atoms with Crippen LogP contribution in [0.4, 0.5) is 0 Å². The van der Waals surface area contributed by atoms with Crippen molar-refractivity contribution in [2.75, 3.05) is 27.2 Å². The van der Waals surface area contributed by atoms with E-state index in [4.69, 9.17) is 4.74 Å². The van der Waals surface area contributed by atoms with Gasteiger partial charge in [-0.15, -0.1) is 0 Å². The lowest BCUT2D eigenvalue weighted by molar-refractivity contribution is 0.0844. The molecule has 3 nitrogen and oxygen atoms in total. The number of methoxy groups -OCH3 is 1. The Balaban J connectivity index is 1.79. The van der Waals surface area contributed by atoms with E-state index in [2.05, 4.69) is 25.8 Å². The topological polar surface area (TPSA) is 29.5 Å². The van der Waals surface area contributed by atoms with Crippen molar-refractivity contribution in [3.8, 4) is 5.75 Å². The smallest absolute Gasteiger partial charge is 0.167 e. The average Bonchev–Trinajstić information content (AvgIpc) is 3.41. The number of Topliss-reactive ketones (excluding diaryl/α,β-unsaturated/α-hetero) is 1. The van der Waals surface area contributed by atoms with Crippen LogP contribution < -0.4 is 4.74 Å². The predicted molar refractivity (Wildman–Crippen MR) is 103 cm³/mol. The molecule has 2 aromatic rings. The highest BCUT2D eigenvalue weighted by Gasteiger charge is 2.28. The van der Waals surface area contributed by atoms with E-state index in [0.29, 0.717) is 5.92 Å². The molecule has 3 heteroatoms. The zero-order valence-corrected chi connectivity index (χ0v) is 15.8. The zero-order chi connectivity index (χ0) is 18.0. The molecule has 1 aliphatic rings. The second kappa shape index (κ2) is 7.57. The Hall–Kier alpha value is -1.87. The molecule has 0 saturated heterocycles. The van der Waals surface area contributed by atoms with Gasteiger partial charge in [-0.3, -0.25) is 4.79 Å². The molecule has 3 rings (SSSR count). The summed E-state index contributed by atoms with van der Waals surface area (Å²) in [6.45, 7) is 6.26. The standard InChI is InChI=1S/C22H29NO2/c1-15(2)21(14-23(3)13-16-5-6-16)22(24)19-8-7-18-12-20(25-4)10-9-17(18)11-19/h7-12,15-16,21H,5-6,13-14H2,1-4H3. The molecule has 1 atom stereocenters. The van der Waals surface area contributed by atoms with Crippen molar-refractivity contribution < 1.29 is 9.53 Å². The summed E-state index contributed by atoms with van der Waals surface area (Å²) in [5.41, 5.74) is 0.816. The van der Waals surface area contributed by atoms with Gasteiger partial charge in [-0.1, -0.05) is 32.0 Å². The minimum Gasteiger partial charge on any atom is -0.497 e. The first-order valence-electron chi connectivity index (χ1n) is 9.28. The fourth-order valence-corrected chi connectivity index (χ4v) is 3.47. The quantitative estimate of drug-likeness (QED) is 0.656. The third-order valence-corrected chi connectivity index (χ3v) is 5.25. The molecule has 25 heavy (non-hydrogen) atoms. The van der Waals surface area contributed by atoms with Crippen LogP contribution in [0.1, 0.15) is 37.0 Å². The van der Waals surface area contributed by atoms with Crippen LogP contribution in [0, 0.1) is 17.8 Å². The van der Waals surface area contributed by atoms with Gasteiger partial charge in [-0.2, -0.15) is 0 Å². The predicted octanol–water partition coefficient (Wildman–Crippen LogP) is 4.65. The summed E-state index contributed by atoms with van der Waals surface area (Å²) in [6, 6.07) is 12.0. The maximum Gasteiger partial charge on any atom is 0.167 e. The van der Waals surface area contributed by atoms with Gasteiger partial charge < -0.3 is 9.64 Å². The van der Waals surface area contributed by atoms with Crippen LogP contribution >= 0.6 is 0 Å². The normalized spacial score (nSPS) is 15.8. The number of benzene rings is 2. The molecular weight excluding hydrogens is 310 g/mol. The summed E-state index contributed by atoms with van der Waals surface area (Å²) in [4.78, 5) is 15.5. The van der Waals surface area contributed by atoms with Crippen LogP contribution in [0.25, 0.3) is 10.8 Å². The van der Waals surface area contributed by atoms with Crippen LogP contribution in [0.3, 0.4) is 0 Å². The molecule has 0 aliphatic heterocycles. The SMILES string of the molecule is COc1ccc2cc(C(=O)C(CN(C)CC3CC3)C(C)C)ccc2c1. The monoisotopic (exact) mass is 339 g/mol. The van der Waals surface area contributed by atoms with Gasteiger partial charge in [0.1, 0.15) is 5.75 Å². The minimum atomic E-state index is 0.0412. The minimum absolute atomic E-state index is 0.0412. The Morgan fingerprint density at radius 2 is 1.84 bits per heavy atom. The van der Waals surface area contributed by atoms with Gasteiger partial charge in [0.2, 0.25) is 0 Å². The number of carbonyl (C=O) groups is 1. The van der Waals surface area contributed by atoms with Gasteiger partial charge >= 0.3 is 0 Å². The van der Waals surface area contributed by atoms with Crippen molar-refractivity contribution in [3.05, 3.63) is 42.0 Å². The van der Waals surface area contributed by atoms with E-state index in [0.717, 1.165) is 41.1 Å². The van der Waals surface area contributed by atoms with Gasteiger partial charge in [-0.25, -0.2) is 0 Å². The molecule has 1 saturated carbocycles. The number of ether oxygens (including phenoxy) is 1. The van der Waals surface area contributed by atoms with Gasteiger partial charge in [-0.05, 0) is 60.7 Å². The zero-order valence-electron chi connectivity index (χ0n) is 15.8. The van der Waals surface area contributed by atoms with E-state index >= 15 is 0 Å². The van der Waals surface area contributed by atoms with Crippen molar-refractivity contribution in [2.45, 2.75) is 26.7 Å². The average molecular weight is 339 g/mol. The Kier molecular flexibility index (Phi) is 5.43. The first-order chi connectivity index (χ1) is 12.0. The molecule has 0 aromatic heterocycles. The summed E-state index contributed by atoms with van der Waals surface area (Å²) >= 11 is 0. The lowest BCUT2D eigenvalue weighted by Crippen LogP contribution is -2.34. The van der Waals surface area contributed by atoms with Crippen LogP contribution in [0.2, 0.25) is 0 Å². The third kappa shape index (κ3) is 4.40. The molecule has 1 unspecified atom stereocenters. The molecule has 134 valence electrons. The van der Waals surface area contributed by atoms with E-state index in [1.807, 2.05) is 36.4 Å². The maximum absolute atomic E-state index is 13.1. The first kappa shape index (κ1) is 17.9. The highest BCUT2D eigenvalue weighted by atomic mass is 16.5. The molecule has 0 amide bonds. The van der Waals surface area contributed by atoms with Crippen LogP contribution in [-0.4, -0.2) is 37.9 Å². The van der Waals surface area contributed by atoms with Crippen molar-refractivity contribution in [1.82, 2.24) is 4.90 Å². The van der Waals surface area contributed by atoms with E-state index in [1.165, 1.54) is 12.8 Å². The maximum atomic E-state index is 13.1. The van der Waals surface area contributed by atoms with Crippen molar-refractivity contribution in [2.24, 2.45) is 17.8 Å². The first-order valence-corrected chi connectivity index (χ1v) is 9.28. The lowest BCUT2D eigenvalue weighted by atomic mass is 9.87. The van der Waals surface area contributed by atoms with Crippen LogP contribution in [-0.2, 0) is 0 Å². The number of carbonyl (C=O) groups excluding carboxylic acids is 1. The molecule has 1 fully saturated rings. The second-order valence-electron chi connectivity index (χ2n) is 7.81. The summed E-state index contributed by atoms with van der Waals surface area (Å²) in [5, 5.41) is 2.18. The Labute approximate surface area is 151 Å². The highest BCUT2D eigenvalue weighted by molar-refractivity contribution is 6.01. The van der Waals surface area contributed by atoms with Crippen LogP contribution in [0.5, 0.6) is 5.75 Å². The van der Waals surface area contributed by atoms with Crippen LogP contribution in [0.15, 0.2) is 36.4 Å². The van der Waals surface area contributed by atoms with Gasteiger partial charge in [0.05, 0.1) is 7.11 Å². The number of rotatable bonds is 8. The molecule has 0 heterocycles. The molecule has 0 bridgehead atoms. The third-order valence-electron chi connectivity index (χ3n) is 5.25. The Morgan fingerprint density at radius 3 is 2.48 bits per heavy atom. The van der Waals surface area contributed by atoms with Gasteiger partial charge in [0.25, 0.3) is 0 Å². The number of ketones is 1. The van der Waals surface area contributed by atoms with E-state index in [1.54, 1.807) is 7.11 Å². The van der Waals surface area contributed by atoms with Gasteiger partial charge in [0.15, 0.2) is 5.78 Å². The second-order valence-corrected chi connectivity index (χ2v) is 7.81. The highest BCUT2D eigenvalue weighted by Crippen LogP contribution is 2.30. The summed E-state index contributed by atoms with van der Waals surface area (Å²) in [5.74, 6) is 2.33. The summed E-state index contributed by atoms with van der Waals surface area (Å²) < 4.78 is 5.28. The fraction of sp³-hybridized carbons (Fsp3) is 0.500. The number of fused-ring (bicyclic) bond motifs is 1. The number of hydrogen-bond acceptors (Lipinski definition) is 3. The molecule has 0 radical (unpaired) electrons. The van der Waals surface area contributed by atoms with Gasteiger partial charge in [0, 0.05) is 24.6 Å². The van der Waals surface area contributed by atoms with Crippen molar-refractivity contribution in [3.63, 3.8) is 0 Å². The molecule has 0 N–H and O–H groups in total. The molecular formula is C22H29NO2. The number of nitrogens with zero attached hydrogens (tertiary/aromatic N) is 1. The Bertz CT molecular complexity index is 749. The molecule has 2 aromatic carbocycles. The summed E-state index contributed by atoms with van der Waals surface area (Å²) in [6.07, 6.45) is 2.69. The van der Waals surface area contributed by atoms with Crippen molar-refractivity contribution in [1.29, 1.82) is 0 Å².